The van der Waals surface area contributed by atoms with Crippen LogP contribution in [-0.4, -0.2) is 17.1 Å². The van der Waals surface area contributed by atoms with Gasteiger partial charge in [0.25, 0.3) is 5.56 Å². The van der Waals surface area contributed by atoms with Gasteiger partial charge in [0.05, 0.1) is 28.5 Å². The Balaban J connectivity index is 1.62. The molecule has 4 aromatic carbocycles. The summed E-state index contributed by atoms with van der Waals surface area (Å²) in [7, 11) is 0. The molecule has 0 saturated carbocycles. The van der Waals surface area contributed by atoms with Gasteiger partial charge in [0, 0.05) is 0 Å². The fourth-order valence-electron chi connectivity index (χ4n) is 5.51. The normalized spacial score (nSPS) is 15.5. The molecule has 1 aromatic heterocycles. The van der Waals surface area contributed by atoms with Crippen molar-refractivity contribution in [3.8, 4) is 0 Å². The lowest BCUT2D eigenvalue weighted by Crippen LogP contribution is -2.39. The SMILES string of the molecule is CCOC(=O)C1=C(C)N=c2s/c(=C\c3c4ccccc4cc4ccccc34)c(=O)n2[C@H]1c1ccc(C(C)C)cc1. The van der Waals surface area contributed by atoms with Gasteiger partial charge < -0.3 is 4.74 Å². The highest BCUT2D eigenvalue weighted by Crippen LogP contribution is 2.32. The molecule has 0 fully saturated rings. The number of aromatic nitrogens is 1. The number of allylic oxidation sites excluding steroid dienone is 1. The molecule has 1 aliphatic rings. The van der Waals surface area contributed by atoms with Crippen LogP contribution in [0.5, 0.6) is 0 Å². The van der Waals surface area contributed by atoms with Crippen LogP contribution in [-0.2, 0) is 9.53 Å². The van der Waals surface area contributed by atoms with E-state index < -0.39 is 12.0 Å². The van der Waals surface area contributed by atoms with E-state index in [9.17, 15) is 9.59 Å². The van der Waals surface area contributed by atoms with Crippen LogP contribution >= 0.6 is 11.3 Å². The number of rotatable bonds is 5. The minimum Gasteiger partial charge on any atom is -0.463 e. The molecule has 5 nitrogen and oxygen atoms in total. The third kappa shape index (κ3) is 4.38. The smallest absolute Gasteiger partial charge is 0.338 e. The molecular formula is C34H30N2O3S. The molecule has 0 spiro atoms. The molecule has 0 N–H and O–H groups in total. The molecule has 6 heteroatoms. The van der Waals surface area contributed by atoms with Gasteiger partial charge in [0.1, 0.15) is 0 Å². The number of ether oxygens (including phenoxy) is 1. The topological polar surface area (TPSA) is 60.7 Å². The number of carbonyl (C=O) groups excluding carboxylic acids is 1. The van der Waals surface area contributed by atoms with Crippen LogP contribution in [0.1, 0.15) is 56.3 Å². The quantitative estimate of drug-likeness (QED) is 0.194. The van der Waals surface area contributed by atoms with Gasteiger partial charge in [-0.25, -0.2) is 9.79 Å². The number of nitrogens with zero attached hydrogens (tertiary/aromatic N) is 2. The van der Waals surface area contributed by atoms with Crippen molar-refractivity contribution in [2.45, 2.75) is 39.7 Å². The van der Waals surface area contributed by atoms with Gasteiger partial charge in [0.15, 0.2) is 4.80 Å². The van der Waals surface area contributed by atoms with E-state index in [-0.39, 0.29) is 12.2 Å². The highest BCUT2D eigenvalue weighted by molar-refractivity contribution is 7.07. The maximum atomic E-state index is 14.2. The molecule has 0 saturated heterocycles. The highest BCUT2D eigenvalue weighted by atomic mass is 32.1. The van der Waals surface area contributed by atoms with E-state index in [0.717, 1.165) is 32.7 Å². The van der Waals surface area contributed by atoms with E-state index in [0.29, 0.717) is 26.5 Å². The molecule has 0 bridgehead atoms. The van der Waals surface area contributed by atoms with Crippen molar-refractivity contribution in [3.05, 3.63) is 127 Å². The van der Waals surface area contributed by atoms with Crippen LogP contribution in [0.25, 0.3) is 27.6 Å². The Morgan fingerprint density at radius 2 is 1.62 bits per heavy atom. The first kappa shape index (κ1) is 26.0. The van der Waals surface area contributed by atoms with E-state index >= 15 is 0 Å². The fourth-order valence-corrected chi connectivity index (χ4v) is 6.53. The Hall–Kier alpha value is -4.29. The Morgan fingerprint density at radius 3 is 2.23 bits per heavy atom. The first-order chi connectivity index (χ1) is 19.4. The average molecular weight is 547 g/mol. The number of esters is 1. The Morgan fingerprint density at radius 1 is 1.00 bits per heavy atom. The lowest BCUT2D eigenvalue weighted by Gasteiger charge is -2.25. The van der Waals surface area contributed by atoms with E-state index in [1.165, 1.54) is 16.9 Å². The molecule has 0 aliphatic carbocycles. The van der Waals surface area contributed by atoms with E-state index in [1.807, 2.05) is 49.4 Å². The van der Waals surface area contributed by atoms with Gasteiger partial charge in [-0.05, 0) is 70.1 Å². The summed E-state index contributed by atoms with van der Waals surface area (Å²) in [5.74, 6) is -0.0793. The second-order valence-electron chi connectivity index (χ2n) is 10.4. The average Bonchev–Trinajstić information content (AvgIpc) is 3.26. The summed E-state index contributed by atoms with van der Waals surface area (Å²) >= 11 is 1.35. The molecule has 1 atom stereocenters. The number of thiazole rings is 1. The van der Waals surface area contributed by atoms with Gasteiger partial charge in [-0.2, -0.15) is 0 Å². The Bertz CT molecular complexity index is 1940. The zero-order valence-electron chi connectivity index (χ0n) is 23.0. The van der Waals surface area contributed by atoms with Crippen molar-refractivity contribution in [1.82, 2.24) is 4.57 Å². The van der Waals surface area contributed by atoms with Crippen molar-refractivity contribution >= 4 is 44.9 Å². The third-order valence-electron chi connectivity index (χ3n) is 7.52. The third-order valence-corrected chi connectivity index (χ3v) is 8.51. The molecule has 0 radical (unpaired) electrons. The molecule has 0 unspecified atom stereocenters. The molecule has 1 aliphatic heterocycles. The lowest BCUT2D eigenvalue weighted by atomic mass is 9.93. The van der Waals surface area contributed by atoms with Crippen molar-refractivity contribution in [1.29, 1.82) is 0 Å². The molecular weight excluding hydrogens is 516 g/mol. The largest absolute Gasteiger partial charge is 0.463 e. The number of fused-ring (bicyclic) bond motifs is 3. The maximum Gasteiger partial charge on any atom is 0.338 e. The first-order valence-electron chi connectivity index (χ1n) is 13.6. The second kappa shape index (κ2) is 10.4. The minimum absolute atomic E-state index is 0.173. The van der Waals surface area contributed by atoms with E-state index in [1.54, 1.807) is 11.5 Å². The summed E-state index contributed by atoms with van der Waals surface area (Å²) in [5.41, 5.74) is 3.84. The fraction of sp³-hybridized carbons (Fsp3) is 0.206. The molecule has 2 heterocycles. The molecule has 0 amide bonds. The summed E-state index contributed by atoms with van der Waals surface area (Å²) < 4.78 is 7.67. The molecule has 40 heavy (non-hydrogen) atoms. The number of hydrogen-bond acceptors (Lipinski definition) is 5. The lowest BCUT2D eigenvalue weighted by molar-refractivity contribution is -0.139. The summed E-state index contributed by atoms with van der Waals surface area (Å²) in [6.07, 6.45) is 1.98. The standard InChI is InChI=1S/C34H30N2O3S/c1-5-39-33(38)30-21(4)35-34-36(31(30)23-16-14-22(15-17-23)20(2)3)32(37)29(40-34)19-28-26-12-8-6-10-24(26)18-25-11-7-9-13-27(25)28/h6-20,31H,5H2,1-4H3/b29-19-/t31-/m0/s1. The zero-order valence-corrected chi connectivity index (χ0v) is 23.8. The number of carbonyl (C=O) groups is 1. The van der Waals surface area contributed by atoms with Crippen molar-refractivity contribution in [2.75, 3.05) is 6.61 Å². The number of benzene rings is 4. The second-order valence-corrected chi connectivity index (χ2v) is 11.4. The van der Waals surface area contributed by atoms with Crippen molar-refractivity contribution in [3.63, 3.8) is 0 Å². The summed E-state index contributed by atoms with van der Waals surface area (Å²) in [6.45, 7) is 8.13. The van der Waals surface area contributed by atoms with Crippen LogP contribution < -0.4 is 14.9 Å². The van der Waals surface area contributed by atoms with Gasteiger partial charge in [0.2, 0.25) is 0 Å². The van der Waals surface area contributed by atoms with Crippen LogP contribution in [0, 0.1) is 0 Å². The maximum absolute atomic E-state index is 14.2. The van der Waals surface area contributed by atoms with E-state index in [4.69, 9.17) is 9.73 Å². The Kier molecular flexibility index (Phi) is 6.72. The summed E-state index contributed by atoms with van der Waals surface area (Å²) in [5, 5.41) is 4.39. The zero-order chi connectivity index (χ0) is 28.0. The van der Waals surface area contributed by atoms with Crippen LogP contribution in [0.3, 0.4) is 0 Å². The molecule has 5 aromatic rings. The van der Waals surface area contributed by atoms with Crippen LogP contribution in [0.2, 0.25) is 0 Å². The predicted octanol–water partition coefficient (Wildman–Crippen LogP) is 6.23. The van der Waals surface area contributed by atoms with Crippen LogP contribution in [0.15, 0.2) is 99.9 Å². The van der Waals surface area contributed by atoms with Gasteiger partial charge in [-0.3, -0.25) is 9.36 Å². The van der Waals surface area contributed by atoms with Crippen LogP contribution in [0.4, 0.5) is 0 Å². The first-order valence-corrected chi connectivity index (χ1v) is 14.4. The highest BCUT2D eigenvalue weighted by Gasteiger charge is 2.33. The van der Waals surface area contributed by atoms with Crippen molar-refractivity contribution in [2.24, 2.45) is 4.99 Å². The molecule has 6 rings (SSSR count). The summed E-state index contributed by atoms with van der Waals surface area (Å²) in [6, 6.07) is 26.2. The minimum atomic E-state index is -0.622. The summed E-state index contributed by atoms with van der Waals surface area (Å²) in [4.78, 5) is 32.7. The number of hydrogen-bond donors (Lipinski definition) is 0. The van der Waals surface area contributed by atoms with Crippen molar-refractivity contribution < 1.29 is 9.53 Å². The monoisotopic (exact) mass is 546 g/mol. The van der Waals surface area contributed by atoms with Gasteiger partial charge in [-0.15, -0.1) is 0 Å². The predicted molar refractivity (Wildman–Crippen MR) is 162 cm³/mol. The van der Waals surface area contributed by atoms with Gasteiger partial charge in [-0.1, -0.05) is 98.0 Å². The molecule has 200 valence electrons. The van der Waals surface area contributed by atoms with Gasteiger partial charge >= 0.3 is 5.97 Å². The van der Waals surface area contributed by atoms with E-state index in [2.05, 4.69) is 56.3 Å². The Labute approximate surface area is 236 Å².